The summed E-state index contributed by atoms with van der Waals surface area (Å²) >= 11 is 12.3. The van der Waals surface area contributed by atoms with E-state index in [1.54, 1.807) is 42.5 Å². The summed E-state index contributed by atoms with van der Waals surface area (Å²) in [7, 11) is 0. The third kappa shape index (κ3) is 4.44. The van der Waals surface area contributed by atoms with E-state index in [1.807, 2.05) is 6.07 Å². The monoisotopic (exact) mass is 505 g/mol. The molecule has 174 valence electrons. The maximum atomic E-state index is 13.3. The van der Waals surface area contributed by atoms with Gasteiger partial charge in [-0.25, -0.2) is 9.67 Å². The fourth-order valence-electron chi connectivity index (χ4n) is 3.66. The van der Waals surface area contributed by atoms with E-state index < -0.39 is 23.9 Å². The Morgan fingerprint density at radius 1 is 1.09 bits per heavy atom. The summed E-state index contributed by atoms with van der Waals surface area (Å²) in [6.07, 6.45) is -4.41. The molecule has 0 aliphatic carbocycles. The third-order valence-electron chi connectivity index (χ3n) is 5.45. The maximum absolute atomic E-state index is 13.3. The molecule has 6 nitrogen and oxygen atoms in total. The van der Waals surface area contributed by atoms with E-state index in [0.29, 0.717) is 32.3 Å². The van der Waals surface area contributed by atoms with Crippen molar-refractivity contribution < 1.29 is 18.3 Å². The van der Waals surface area contributed by atoms with E-state index in [1.165, 1.54) is 11.6 Å². The molecule has 11 heteroatoms. The summed E-state index contributed by atoms with van der Waals surface area (Å²) in [6.45, 7) is 1.30. The van der Waals surface area contributed by atoms with Crippen molar-refractivity contribution in [1.29, 1.82) is 5.26 Å². The zero-order chi connectivity index (χ0) is 24.7. The molecule has 1 atom stereocenters. The highest BCUT2D eigenvalue weighted by atomic mass is 35.5. The molecule has 4 aromatic rings. The number of rotatable bonds is 5. The maximum Gasteiger partial charge on any atom is 0.423 e. The summed E-state index contributed by atoms with van der Waals surface area (Å²) in [6, 6.07) is 14.0. The first-order chi connectivity index (χ1) is 16.0. The van der Waals surface area contributed by atoms with Crippen LogP contribution in [-0.2, 0) is 12.1 Å². The molecule has 4 rings (SSSR count). The molecule has 0 spiro atoms. The SMILES string of the molecule is CCC(O)(c1cn(Cc2ccc3c(-c4cc(Cl)cc(Cl)c4)cc(C#N)nc3c2)nn1)C(F)(F)F. The van der Waals surface area contributed by atoms with Crippen LogP contribution in [0, 0.1) is 11.3 Å². The lowest BCUT2D eigenvalue weighted by Crippen LogP contribution is -2.42. The number of nitriles is 1. The highest BCUT2D eigenvalue weighted by Crippen LogP contribution is 2.40. The van der Waals surface area contributed by atoms with Gasteiger partial charge in [-0.15, -0.1) is 5.10 Å². The Morgan fingerprint density at radius 3 is 2.41 bits per heavy atom. The second-order valence-corrected chi connectivity index (χ2v) is 8.56. The van der Waals surface area contributed by atoms with E-state index in [0.717, 1.165) is 11.6 Å². The molecule has 2 heterocycles. The summed E-state index contributed by atoms with van der Waals surface area (Å²) in [5.74, 6) is 0. The number of alkyl halides is 3. The van der Waals surface area contributed by atoms with Crippen molar-refractivity contribution in [2.75, 3.05) is 0 Å². The molecule has 1 N–H and O–H groups in total. The Bertz CT molecular complexity index is 1410. The zero-order valence-corrected chi connectivity index (χ0v) is 19.1. The Balaban J connectivity index is 1.73. The molecule has 0 saturated carbocycles. The van der Waals surface area contributed by atoms with Gasteiger partial charge in [-0.2, -0.15) is 18.4 Å². The van der Waals surface area contributed by atoms with Gasteiger partial charge in [0.25, 0.3) is 0 Å². The first-order valence-electron chi connectivity index (χ1n) is 10.0. The largest absolute Gasteiger partial charge is 0.423 e. The predicted octanol–water partition coefficient (Wildman–Crippen LogP) is 5.88. The van der Waals surface area contributed by atoms with Crippen molar-refractivity contribution in [2.45, 2.75) is 31.7 Å². The van der Waals surface area contributed by atoms with Gasteiger partial charge in [0, 0.05) is 15.4 Å². The van der Waals surface area contributed by atoms with Crippen LogP contribution in [0.15, 0.2) is 48.7 Å². The Labute approximate surface area is 202 Å². The Kier molecular flexibility index (Phi) is 6.25. The number of aliphatic hydroxyl groups is 1. The molecule has 0 aliphatic rings. The minimum Gasteiger partial charge on any atom is -0.375 e. The van der Waals surface area contributed by atoms with Gasteiger partial charge in [0.05, 0.1) is 18.3 Å². The fraction of sp³-hybridized carbons (Fsp3) is 0.217. The molecule has 0 aliphatic heterocycles. The van der Waals surface area contributed by atoms with Crippen molar-refractivity contribution >= 4 is 34.1 Å². The number of benzene rings is 2. The molecule has 0 bridgehead atoms. The minimum atomic E-state index is -4.89. The number of hydrogen-bond donors (Lipinski definition) is 1. The van der Waals surface area contributed by atoms with Crippen LogP contribution in [0.5, 0.6) is 0 Å². The van der Waals surface area contributed by atoms with E-state index in [2.05, 4.69) is 15.3 Å². The van der Waals surface area contributed by atoms with Gasteiger partial charge >= 0.3 is 6.18 Å². The molecule has 0 fully saturated rings. The second kappa shape index (κ2) is 8.87. The van der Waals surface area contributed by atoms with Gasteiger partial charge < -0.3 is 5.11 Å². The minimum absolute atomic E-state index is 0.0807. The number of nitrogens with zero attached hydrogens (tertiary/aromatic N) is 5. The third-order valence-corrected chi connectivity index (χ3v) is 5.89. The van der Waals surface area contributed by atoms with Gasteiger partial charge in [-0.1, -0.05) is 47.5 Å². The molecule has 0 amide bonds. The summed E-state index contributed by atoms with van der Waals surface area (Å²) in [5.41, 5.74) is -0.896. The topological polar surface area (TPSA) is 87.6 Å². The normalized spacial score (nSPS) is 13.6. The van der Waals surface area contributed by atoms with Gasteiger partial charge in [-0.3, -0.25) is 0 Å². The molecule has 0 saturated heterocycles. The van der Waals surface area contributed by atoms with Crippen molar-refractivity contribution in [3.05, 3.63) is 75.7 Å². The van der Waals surface area contributed by atoms with E-state index >= 15 is 0 Å². The summed E-state index contributed by atoms with van der Waals surface area (Å²) < 4.78 is 41.2. The van der Waals surface area contributed by atoms with Crippen molar-refractivity contribution in [2.24, 2.45) is 0 Å². The predicted molar refractivity (Wildman–Crippen MR) is 121 cm³/mol. The fourth-order valence-corrected chi connectivity index (χ4v) is 4.18. The quantitative estimate of drug-likeness (QED) is 0.365. The van der Waals surface area contributed by atoms with Crippen LogP contribution in [0.3, 0.4) is 0 Å². The number of fused-ring (bicyclic) bond motifs is 1. The van der Waals surface area contributed by atoms with Crippen LogP contribution >= 0.6 is 23.2 Å². The van der Waals surface area contributed by atoms with Crippen LogP contribution in [0.4, 0.5) is 13.2 Å². The van der Waals surface area contributed by atoms with Crippen LogP contribution in [0.25, 0.3) is 22.0 Å². The lowest BCUT2D eigenvalue weighted by molar-refractivity contribution is -0.269. The number of halogens is 5. The highest BCUT2D eigenvalue weighted by Gasteiger charge is 2.55. The highest BCUT2D eigenvalue weighted by molar-refractivity contribution is 6.35. The lowest BCUT2D eigenvalue weighted by atomic mass is 9.96. The van der Waals surface area contributed by atoms with Crippen LogP contribution in [0.2, 0.25) is 10.0 Å². The van der Waals surface area contributed by atoms with E-state index in [4.69, 9.17) is 23.2 Å². The molecule has 0 radical (unpaired) electrons. The first-order valence-corrected chi connectivity index (χ1v) is 10.8. The molecule has 2 aromatic carbocycles. The van der Waals surface area contributed by atoms with Crippen molar-refractivity contribution in [3.63, 3.8) is 0 Å². The molecule has 2 aromatic heterocycles. The second-order valence-electron chi connectivity index (χ2n) is 7.69. The number of pyridine rings is 1. The van der Waals surface area contributed by atoms with Crippen LogP contribution in [0.1, 0.15) is 30.3 Å². The van der Waals surface area contributed by atoms with Crippen molar-refractivity contribution in [1.82, 2.24) is 20.0 Å². The first kappa shape index (κ1) is 24.0. The van der Waals surface area contributed by atoms with Gasteiger partial charge in [0.2, 0.25) is 5.60 Å². The van der Waals surface area contributed by atoms with Crippen molar-refractivity contribution in [3.8, 4) is 17.2 Å². The lowest BCUT2D eigenvalue weighted by Gasteiger charge is -2.26. The summed E-state index contributed by atoms with van der Waals surface area (Å²) in [5, 5.41) is 28.4. The average Bonchev–Trinajstić information content (AvgIpc) is 3.24. The van der Waals surface area contributed by atoms with Crippen LogP contribution < -0.4 is 0 Å². The zero-order valence-electron chi connectivity index (χ0n) is 17.6. The van der Waals surface area contributed by atoms with Gasteiger partial charge in [0.1, 0.15) is 17.5 Å². The molecular formula is C23H16Cl2F3N5O. The smallest absolute Gasteiger partial charge is 0.375 e. The molecule has 34 heavy (non-hydrogen) atoms. The molecular weight excluding hydrogens is 490 g/mol. The summed E-state index contributed by atoms with van der Waals surface area (Å²) in [4.78, 5) is 4.36. The van der Waals surface area contributed by atoms with Gasteiger partial charge in [0.15, 0.2) is 0 Å². The van der Waals surface area contributed by atoms with Crippen LogP contribution in [-0.4, -0.2) is 31.3 Å². The van der Waals surface area contributed by atoms with E-state index in [-0.39, 0.29) is 12.2 Å². The number of hydrogen-bond acceptors (Lipinski definition) is 5. The van der Waals surface area contributed by atoms with Gasteiger partial charge in [-0.05, 0) is 53.4 Å². The standard InChI is InChI=1S/C23H16Cl2F3N5O/c1-2-22(34,23(26,27)28)21-12-33(32-31-21)11-13-3-4-18-19(9-17(10-29)30-20(18)5-13)14-6-15(24)8-16(25)7-14/h3-9,12,34H,2,11H2,1H3. The van der Waals surface area contributed by atoms with E-state index in [9.17, 15) is 23.5 Å². The molecule has 1 unspecified atom stereocenters. The Morgan fingerprint density at radius 2 is 1.79 bits per heavy atom. The Hall–Kier alpha value is -3.19. The number of aromatic nitrogens is 4. The average molecular weight is 506 g/mol.